The van der Waals surface area contributed by atoms with Crippen LogP contribution in [-0.2, 0) is 4.79 Å². The first-order valence-electron chi connectivity index (χ1n) is 8.66. The van der Waals surface area contributed by atoms with Crippen LogP contribution in [0, 0.1) is 0 Å². The molecule has 0 aliphatic heterocycles. The molecule has 3 N–H and O–H groups in total. The van der Waals surface area contributed by atoms with Gasteiger partial charge in [-0.25, -0.2) is 0 Å². The van der Waals surface area contributed by atoms with Gasteiger partial charge in [0.2, 0.25) is 5.91 Å². The first-order valence-corrected chi connectivity index (χ1v) is 8.66. The second-order valence-electron chi connectivity index (χ2n) is 6.56. The first-order chi connectivity index (χ1) is 9.87. The number of amides is 1. The van der Waals surface area contributed by atoms with Crippen molar-refractivity contribution in [3.8, 4) is 0 Å². The third kappa shape index (κ3) is 8.42. The number of nitrogens with two attached hydrogens (primary N) is 1. The number of rotatable bonds is 13. The maximum absolute atomic E-state index is 11.7. The summed E-state index contributed by atoms with van der Waals surface area (Å²) < 4.78 is 0. The number of hydrogen-bond acceptors (Lipinski definition) is 3. The van der Waals surface area contributed by atoms with E-state index in [2.05, 4.69) is 37.9 Å². The third-order valence-corrected chi connectivity index (χ3v) is 4.21. The Labute approximate surface area is 131 Å². The maximum Gasteiger partial charge on any atom is 0.237 e. The van der Waals surface area contributed by atoms with E-state index < -0.39 is 5.54 Å². The summed E-state index contributed by atoms with van der Waals surface area (Å²) in [7, 11) is 0. The normalized spacial score (nSPS) is 14.6. The number of unbranched alkanes of at least 4 members (excludes halogenated alkanes) is 2. The highest BCUT2D eigenvalue weighted by molar-refractivity contribution is 5.84. The zero-order chi connectivity index (χ0) is 16.3. The molecule has 0 rings (SSSR count). The summed E-state index contributed by atoms with van der Waals surface area (Å²) in [6.07, 6.45) is 6.63. The molecule has 0 aromatic rings. The molecule has 0 fully saturated rings. The SMILES string of the molecule is CCCCCN(CCCC(C)(NCCC)C(N)=O)C(C)C. The molecular weight excluding hydrogens is 262 g/mol. The molecule has 1 atom stereocenters. The van der Waals surface area contributed by atoms with Crippen LogP contribution in [0.5, 0.6) is 0 Å². The van der Waals surface area contributed by atoms with Gasteiger partial charge in [0.25, 0.3) is 0 Å². The van der Waals surface area contributed by atoms with E-state index in [0.29, 0.717) is 6.04 Å². The number of hydrogen-bond donors (Lipinski definition) is 2. The number of primary amides is 1. The van der Waals surface area contributed by atoms with E-state index in [0.717, 1.165) is 38.9 Å². The van der Waals surface area contributed by atoms with Gasteiger partial charge in [0.05, 0.1) is 5.54 Å². The highest BCUT2D eigenvalue weighted by atomic mass is 16.1. The molecule has 21 heavy (non-hydrogen) atoms. The van der Waals surface area contributed by atoms with E-state index in [4.69, 9.17) is 5.73 Å². The van der Waals surface area contributed by atoms with E-state index in [1.54, 1.807) is 0 Å². The summed E-state index contributed by atoms with van der Waals surface area (Å²) in [6, 6.07) is 0.560. The monoisotopic (exact) mass is 299 g/mol. The zero-order valence-electron chi connectivity index (χ0n) is 14.9. The Morgan fingerprint density at radius 3 is 2.24 bits per heavy atom. The van der Waals surface area contributed by atoms with Gasteiger partial charge in [0.1, 0.15) is 0 Å². The zero-order valence-corrected chi connectivity index (χ0v) is 14.9. The Balaban J connectivity index is 4.28. The van der Waals surface area contributed by atoms with Gasteiger partial charge in [-0.15, -0.1) is 0 Å². The minimum Gasteiger partial charge on any atom is -0.368 e. The van der Waals surface area contributed by atoms with Gasteiger partial charge in [-0.3, -0.25) is 4.79 Å². The minimum atomic E-state index is -0.567. The molecule has 0 heterocycles. The molecule has 0 bridgehead atoms. The molecule has 1 amide bonds. The van der Waals surface area contributed by atoms with E-state index >= 15 is 0 Å². The van der Waals surface area contributed by atoms with E-state index in [1.807, 2.05) is 6.92 Å². The lowest BCUT2D eigenvalue weighted by molar-refractivity contribution is -0.124. The van der Waals surface area contributed by atoms with Crippen LogP contribution in [0.15, 0.2) is 0 Å². The van der Waals surface area contributed by atoms with Crippen LogP contribution < -0.4 is 11.1 Å². The van der Waals surface area contributed by atoms with E-state index in [9.17, 15) is 4.79 Å². The third-order valence-electron chi connectivity index (χ3n) is 4.21. The Bertz CT molecular complexity index is 281. The van der Waals surface area contributed by atoms with Crippen molar-refractivity contribution in [1.82, 2.24) is 10.2 Å². The molecule has 0 spiro atoms. The van der Waals surface area contributed by atoms with E-state index in [-0.39, 0.29) is 5.91 Å². The van der Waals surface area contributed by atoms with E-state index in [1.165, 1.54) is 19.3 Å². The van der Waals surface area contributed by atoms with Gasteiger partial charge >= 0.3 is 0 Å². The van der Waals surface area contributed by atoms with Crippen molar-refractivity contribution < 1.29 is 4.79 Å². The van der Waals surface area contributed by atoms with Gasteiger partial charge in [-0.1, -0.05) is 26.7 Å². The van der Waals surface area contributed by atoms with Crippen molar-refractivity contribution >= 4 is 5.91 Å². The average Bonchev–Trinajstić information content (AvgIpc) is 2.43. The minimum absolute atomic E-state index is 0.238. The molecule has 0 radical (unpaired) electrons. The fraction of sp³-hybridized carbons (Fsp3) is 0.941. The predicted molar refractivity (Wildman–Crippen MR) is 91.4 cm³/mol. The molecule has 1 unspecified atom stereocenters. The van der Waals surface area contributed by atoms with Gasteiger partial charge in [-0.2, -0.15) is 0 Å². The molecule has 0 saturated heterocycles. The van der Waals surface area contributed by atoms with Crippen molar-refractivity contribution in [3.63, 3.8) is 0 Å². The molecule has 4 nitrogen and oxygen atoms in total. The summed E-state index contributed by atoms with van der Waals surface area (Å²) in [6.45, 7) is 13.8. The number of carbonyl (C=O) groups excluding carboxylic acids is 1. The Morgan fingerprint density at radius 2 is 1.76 bits per heavy atom. The van der Waals surface area contributed by atoms with Crippen LogP contribution in [0.3, 0.4) is 0 Å². The summed E-state index contributed by atoms with van der Waals surface area (Å²) in [5.74, 6) is -0.238. The summed E-state index contributed by atoms with van der Waals surface area (Å²) >= 11 is 0. The van der Waals surface area contributed by atoms with Crippen LogP contribution in [-0.4, -0.2) is 42.0 Å². The number of nitrogens with one attached hydrogen (secondary N) is 1. The molecule has 0 aromatic heterocycles. The molecule has 4 heteroatoms. The molecule has 0 aliphatic rings. The van der Waals surface area contributed by atoms with Crippen LogP contribution in [0.4, 0.5) is 0 Å². The summed E-state index contributed by atoms with van der Waals surface area (Å²) in [4.78, 5) is 14.2. The standard InChI is InChI=1S/C17H37N3O/c1-6-8-9-13-20(15(3)4)14-10-11-17(5,16(18)21)19-12-7-2/h15,19H,6-14H2,1-5H3,(H2,18,21). The predicted octanol–water partition coefficient (Wildman–Crippen LogP) is 2.91. The van der Waals surface area contributed by atoms with Crippen LogP contribution >= 0.6 is 0 Å². The lowest BCUT2D eigenvalue weighted by Crippen LogP contribution is -2.53. The Morgan fingerprint density at radius 1 is 1.14 bits per heavy atom. The molecular formula is C17H37N3O. The second-order valence-corrected chi connectivity index (χ2v) is 6.56. The smallest absolute Gasteiger partial charge is 0.237 e. The fourth-order valence-corrected chi connectivity index (χ4v) is 2.53. The van der Waals surface area contributed by atoms with Gasteiger partial charge in [0.15, 0.2) is 0 Å². The van der Waals surface area contributed by atoms with Crippen LogP contribution in [0.1, 0.15) is 73.1 Å². The van der Waals surface area contributed by atoms with Crippen LogP contribution in [0.25, 0.3) is 0 Å². The molecule has 126 valence electrons. The van der Waals surface area contributed by atoms with Crippen molar-refractivity contribution in [2.45, 2.75) is 84.7 Å². The van der Waals surface area contributed by atoms with Gasteiger partial charge in [-0.05, 0) is 66.1 Å². The number of nitrogens with zero attached hydrogens (tertiary/aromatic N) is 1. The maximum atomic E-state index is 11.7. The highest BCUT2D eigenvalue weighted by Gasteiger charge is 2.29. The number of carbonyl (C=O) groups is 1. The molecule has 0 saturated carbocycles. The topological polar surface area (TPSA) is 58.4 Å². The average molecular weight is 300 g/mol. The lowest BCUT2D eigenvalue weighted by atomic mass is 9.94. The van der Waals surface area contributed by atoms with Gasteiger partial charge in [0, 0.05) is 6.04 Å². The largest absolute Gasteiger partial charge is 0.368 e. The van der Waals surface area contributed by atoms with Crippen molar-refractivity contribution in [3.05, 3.63) is 0 Å². The van der Waals surface area contributed by atoms with Crippen molar-refractivity contribution in [2.75, 3.05) is 19.6 Å². The Kier molecular flexibility index (Phi) is 10.7. The summed E-state index contributed by atoms with van der Waals surface area (Å²) in [5.41, 5.74) is 5.00. The molecule has 0 aliphatic carbocycles. The van der Waals surface area contributed by atoms with Crippen molar-refractivity contribution in [1.29, 1.82) is 0 Å². The van der Waals surface area contributed by atoms with Crippen LogP contribution in [0.2, 0.25) is 0 Å². The second kappa shape index (κ2) is 11.0. The Hall–Kier alpha value is -0.610. The lowest BCUT2D eigenvalue weighted by Gasteiger charge is -2.31. The fourth-order valence-electron chi connectivity index (χ4n) is 2.53. The van der Waals surface area contributed by atoms with Gasteiger partial charge < -0.3 is 16.0 Å². The molecule has 0 aromatic carbocycles. The van der Waals surface area contributed by atoms with Crippen molar-refractivity contribution in [2.24, 2.45) is 5.73 Å². The quantitative estimate of drug-likeness (QED) is 0.514. The first kappa shape index (κ1) is 20.4. The summed E-state index contributed by atoms with van der Waals surface area (Å²) in [5, 5.41) is 3.31. The highest BCUT2D eigenvalue weighted by Crippen LogP contribution is 2.14.